The third-order valence-electron chi connectivity index (χ3n) is 5.04. The Kier molecular flexibility index (Phi) is 22.8. The minimum absolute atomic E-state index is 0.0527. The Morgan fingerprint density at radius 1 is 0.548 bits per heavy atom. The monoisotopic (exact) mass is 594 g/mol. The molecule has 0 radical (unpaired) electrons. The zero-order valence-electron chi connectivity index (χ0n) is 18.8. The number of hydrogen-bond donors (Lipinski definition) is 0. The van der Waals surface area contributed by atoms with Crippen LogP contribution in [0.25, 0.3) is 0 Å². The summed E-state index contributed by atoms with van der Waals surface area (Å²) >= 11 is 36.6. The molecular weight excluding hydrogens is 557 g/mol. The molecule has 1 atom stereocenters. The summed E-state index contributed by atoms with van der Waals surface area (Å²) in [6.07, 6.45) is 13.7. The van der Waals surface area contributed by atoms with Gasteiger partial charge in [0.1, 0.15) is 0 Å². The maximum Gasteiger partial charge on any atom is 0.344 e. The van der Waals surface area contributed by atoms with E-state index in [1.165, 1.54) is 38.5 Å². The van der Waals surface area contributed by atoms with Gasteiger partial charge in [0, 0.05) is 26.9 Å². The van der Waals surface area contributed by atoms with Crippen molar-refractivity contribution in [1.29, 1.82) is 0 Å². The molecule has 0 N–H and O–H groups in total. The minimum atomic E-state index is -2.84. The lowest BCUT2D eigenvalue weighted by atomic mass is 10.1. The molecule has 1 unspecified atom stereocenters. The molecule has 0 heterocycles. The zero-order chi connectivity index (χ0) is 23.4. The highest BCUT2D eigenvalue weighted by Crippen LogP contribution is 2.45. The lowest BCUT2D eigenvalue weighted by Gasteiger charge is -2.24. The van der Waals surface area contributed by atoms with Gasteiger partial charge >= 0.3 is 12.0 Å². The van der Waals surface area contributed by atoms with Gasteiger partial charge in [-0.1, -0.05) is 51.4 Å². The van der Waals surface area contributed by atoms with E-state index < -0.39 is 12.0 Å². The van der Waals surface area contributed by atoms with Gasteiger partial charge in [-0.25, -0.2) is 0 Å². The van der Waals surface area contributed by atoms with Crippen LogP contribution in [0.4, 0.5) is 0 Å². The van der Waals surface area contributed by atoms with Gasteiger partial charge in [-0.3, -0.25) is 0 Å². The average Bonchev–Trinajstić information content (AvgIpc) is 2.67. The molecule has 0 saturated heterocycles. The van der Waals surface area contributed by atoms with E-state index in [-0.39, 0.29) is 5.54 Å². The number of ether oxygens (including phenoxy) is 3. The molecule has 0 aromatic rings. The summed E-state index contributed by atoms with van der Waals surface area (Å²) < 4.78 is 16.1. The summed E-state index contributed by atoms with van der Waals surface area (Å²) in [5.74, 6) is 0. The summed E-state index contributed by atoms with van der Waals surface area (Å²) in [6, 6.07) is -5.16. The second kappa shape index (κ2) is 21.3. The van der Waals surface area contributed by atoms with Crippen LogP contribution in [0, 0.1) is 0 Å². The van der Waals surface area contributed by atoms with Gasteiger partial charge in [-0.15, -0.1) is 66.5 Å². The van der Waals surface area contributed by atoms with E-state index in [0.717, 1.165) is 58.3 Å². The lowest BCUT2D eigenvalue weighted by molar-refractivity contribution is 0.0680. The SMILES string of the molecule is COCCOCCCCCCOCCCCCCCCCC(C[Si](Cl)(Cl)Cl)[Si](Cl)(Cl)Cl. The summed E-state index contributed by atoms with van der Waals surface area (Å²) in [4.78, 5) is 0. The van der Waals surface area contributed by atoms with Crippen molar-refractivity contribution in [2.45, 2.75) is 88.6 Å². The van der Waals surface area contributed by atoms with Crippen LogP contribution in [0.5, 0.6) is 0 Å². The van der Waals surface area contributed by atoms with E-state index in [0.29, 0.717) is 19.3 Å². The van der Waals surface area contributed by atoms with Crippen molar-refractivity contribution in [3.05, 3.63) is 0 Å². The quantitative estimate of drug-likeness (QED) is 0.0669. The zero-order valence-corrected chi connectivity index (χ0v) is 25.3. The summed E-state index contributed by atoms with van der Waals surface area (Å²) in [5.41, 5.74) is -0.0527. The first-order valence-corrected chi connectivity index (χ1v) is 21.8. The van der Waals surface area contributed by atoms with Crippen molar-refractivity contribution in [2.24, 2.45) is 0 Å². The number of rotatable bonds is 23. The van der Waals surface area contributed by atoms with E-state index in [2.05, 4.69) is 0 Å². The fraction of sp³-hybridized carbons (Fsp3) is 1.00. The van der Waals surface area contributed by atoms with E-state index in [1.54, 1.807) is 7.11 Å². The van der Waals surface area contributed by atoms with Crippen LogP contribution in [-0.4, -0.2) is 52.2 Å². The predicted molar refractivity (Wildman–Crippen MR) is 144 cm³/mol. The first kappa shape index (κ1) is 33.1. The van der Waals surface area contributed by atoms with Crippen LogP contribution in [0.3, 0.4) is 0 Å². The fourth-order valence-corrected chi connectivity index (χ4v) is 12.3. The summed E-state index contributed by atoms with van der Waals surface area (Å²) in [5, 5.41) is 0. The highest BCUT2D eigenvalue weighted by atomic mass is 35.8. The second-order valence-electron chi connectivity index (χ2n) is 7.95. The molecular formula is C20H40Cl6O3Si2. The van der Waals surface area contributed by atoms with Crippen LogP contribution >= 0.6 is 66.5 Å². The Morgan fingerprint density at radius 2 is 0.968 bits per heavy atom. The fourth-order valence-electron chi connectivity index (χ4n) is 3.25. The molecule has 0 aliphatic carbocycles. The maximum atomic E-state index is 6.19. The standard InChI is InChI=1S/C20H40Cl6O3Si2/c1-27-17-18-29-16-12-8-7-11-15-28-14-10-6-4-2-3-5-9-13-20(31(24,25)26)19-30(21,22)23/h20H,2-19H2,1H3. The van der Waals surface area contributed by atoms with E-state index >= 15 is 0 Å². The largest absolute Gasteiger partial charge is 0.382 e. The first-order valence-electron chi connectivity index (χ1n) is 11.4. The van der Waals surface area contributed by atoms with Crippen molar-refractivity contribution in [3.63, 3.8) is 0 Å². The first-order chi connectivity index (χ1) is 14.7. The van der Waals surface area contributed by atoms with Gasteiger partial charge in [0.2, 0.25) is 0 Å². The molecule has 3 nitrogen and oxygen atoms in total. The molecule has 0 aromatic carbocycles. The van der Waals surface area contributed by atoms with Gasteiger partial charge in [0.05, 0.1) is 13.2 Å². The predicted octanol–water partition coefficient (Wildman–Crippen LogP) is 9.03. The maximum absolute atomic E-state index is 6.19. The molecule has 188 valence electrons. The van der Waals surface area contributed by atoms with Crippen molar-refractivity contribution < 1.29 is 14.2 Å². The van der Waals surface area contributed by atoms with Crippen molar-refractivity contribution in [2.75, 3.05) is 40.1 Å². The summed E-state index contributed by atoms with van der Waals surface area (Å²) in [7, 11) is 1.69. The molecule has 0 saturated carbocycles. The molecule has 0 aliphatic rings. The molecule has 0 bridgehead atoms. The van der Waals surface area contributed by atoms with Gasteiger partial charge in [0.15, 0.2) is 0 Å². The normalized spacial score (nSPS) is 13.6. The summed E-state index contributed by atoms with van der Waals surface area (Å²) in [6.45, 7) is 3.94. The molecule has 0 aliphatic heterocycles. The molecule has 0 spiro atoms. The highest BCUT2D eigenvalue weighted by Gasteiger charge is 2.42. The Morgan fingerprint density at radius 3 is 1.39 bits per heavy atom. The molecule has 0 fully saturated rings. The average molecular weight is 597 g/mol. The molecule has 31 heavy (non-hydrogen) atoms. The smallest absolute Gasteiger partial charge is 0.344 e. The van der Waals surface area contributed by atoms with E-state index in [1.807, 2.05) is 0 Å². The van der Waals surface area contributed by atoms with E-state index in [4.69, 9.17) is 80.7 Å². The van der Waals surface area contributed by atoms with Crippen LogP contribution in [0.2, 0.25) is 11.6 Å². The Bertz CT molecular complexity index is 398. The third-order valence-corrected chi connectivity index (χ3v) is 12.0. The number of methoxy groups -OCH3 is 1. The topological polar surface area (TPSA) is 27.7 Å². The van der Waals surface area contributed by atoms with Gasteiger partial charge < -0.3 is 14.2 Å². The van der Waals surface area contributed by atoms with E-state index in [9.17, 15) is 0 Å². The second-order valence-corrected chi connectivity index (χ2v) is 26.1. The molecule has 11 heteroatoms. The Labute approximate surface area is 220 Å². The van der Waals surface area contributed by atoms with Crippen LogP contribution < -0.4 is 0 Å². The lowest BCUT2D eigenvalue weighted by Crippen LogP contribution is -2.25. The third kappa shape index (κ3) is 25.0. The Hall–Kier alpha value is 2.05. The van der Waals surface area contributed by atoms with Crippen molar-refractivity contribution in [1.82, 2.24) is 0 Å². The van der Waals surface area contributed by atoms with Crippen molar-refractivity contribution in [3.8, 4) is 0 Å². The van der Waals surface area contributed by atoms with Crippen LogP contribution in [0.1, 0.15) is 77.0 Å². The van der Waals surface area contributed by atoms with Crippen LogP contribution in [0.15, 0.2) is 0 Å². The van der Waals surface area contributed by atoms with Gasteiger partial charge in [-0.2, -0.15) is 0 Å². The molecule has 0 amide bonds. The molecule has 0 rings (SSSR count). The number of unbranched alkanes of at least 4 members (excludes halogenated alkanes) is 9. The van der Waals surface area contributed by atoms with Crippen molar-refractivity contribution >= 4 is 78.5 Å². The molecule has 0 aromatic heterocycles. The van der Waals surface area contributed by atoms with Gasteiger partial charge in [0.25, 0.3) is 0 Å². The van der Waals surface area contributed by atoms with Crippen LogP contribution in [-0.2, 0) is 14.2 Å². The van der Waals surface area contributed by atoms with Gasteiger partial charge in [-0.05, 0) is 37.3 Å². The number of halogens is 6. The Balaban J connectivity index is 3.38. The minimum Gasteiger partial charge on any atom is -0.382 e. The highest BCUT2D eigenvalue weighted by molar-refractivity contribution is 7.67. The number of hydrogen-bond acceptors (Lipinski definition) is 3.